The van der Waals surface area contributed by atoms with E-state index in [1.54, 1.807) is 0 Å². The maximum atomic E-state index is 12.6. The Morgan fingerprint density at radius 2 is 1.92 bits per heavy atom. The van der Waals surface area contributed by atoms with Gasteiger partial charge in [-0.15, -0.1) is 13.2 Å². The number of halogens is 3. The fourth-order valence-corrected chi connectivity index (χ4v) is 2.80. The minimum absolute atomic E-state index is 0.0770. The number of rotatable bonds is 5. The quantitative estimate of drug-likeness (QED) is 0.884. The van der Waals surface area contributed by atoms with Crippen LogP contribution in [0, 0.1) is 0 Å². The molecule has 1 amide bonds. The molecule has 1 aromatic carbocycles. The Labute approximate surface area is 135 Å². The zero-order valence-electron chi connectivity index (χ0n) is 12.8. The van der Waals surface area contributed by atoms with Crippen LogP contribution in [0.1, 0.15) is 23.2 Å². The lowest BCUT2D eigenvalue weighted by Crippen LogP contribution is -2.56. The van der Waals surface area contributed by atoms with Crippen LogP contribution in [0.2, 0.25) is 0 Å². The topological polar surface area (TPSA) is 76.1 Å². The molecule has 1 atom stereocenters. The number of carbonyl (C=O) groups is 2. The van der Waals surface area contributed by atoms with Crippen molar-refractivity contribution in [3.05, 3.63) is 29.8 Å². The smallest absolute Gasteiger partial charge is 0.479 e. The van der Waals surface area contributed by atoms with Crippen molar-refractivity contribution in [2.24, 2.45) is 0 Å². The Hall–Kier alpha value is -2.29. The van der Waals surface area contributed by atoms with Gasteiger partial charge in [0.1, 0.15) is 5.75 Å². The van der Waals surface area contributed by atoms with Crippen molar-refractivity contribution in [1.29, 1.82) is 0 Å². The zero-order chi connectivity index (χ0) is 18.0. The highest BCUT2D eigenvalue weighted by atomic mass is 19.4. The van der Waals surface area contributed by atoms with E-state index in [0.29, 0.717) is 6.42 Å². The van der Waals surface area contributed by atoms with E-state index < -0.39 is 29.5 Å². The molecule has 6 nitrogen and oxygen atoms in total. The largest absolute Gasteiger partial charge is 0.573 e. The van der Waals surface area contributed by atoms with Gasteiger partial charge in [-0.05, 0) is 37.1 Å². The molecule has 1 aliphatic heterocycles. The molecule has 0 saturated carbocycles. The van der Waals surface area contributed by atoms with Crippen molar-refractivity contribution < 1.29 is 37.3 Å². The average Bonchev–Trinajstić information content (AvgIpc) is 2.91. The highest BCUT2D eigenvalue weighted by Gasteiger charge is 2.50. The van der Waals surface area contributed by atoms with Crippen molar-refractivity contribution in [2.45, 2.75) is 24.7 Å². The molecule has 2 rings (SSSR count). The highest BCUT2D eigenvalue weighted by molar-refractivity contribution is 5.98. The molecule has 1 aliphatic rings. The van der Waals surface area contributed by atoms with Crippen LogP contribution >= 0.6 is 0 Å². The molecule has 9 heteroatoms. The van der Waals surface area contributed by atoms with Gasteiger partial charge in [-0.3, -0.25) is 4.79 Å². The predicted octanol–water partition coefficient (Wildman–Crippen LogP) is 2.29. The van der Waals surface area contributed by atoms with Gasteiger partial charge in [0.05, 0.1) is 6.61 Å². The minimum atomic E-state index is -4.82. The molecule has 132 valence electrons. The Balaban J connectivity index is 2.22. The van der Waals surface area contributed by atoms with Gasteiger partial charge in [-0.2, -0.15) is 0 Å². The molecule has 0 spiro atoms. The van der Waals surface area contributed by atoms with E-state index in [2.05, 4.69) is 4.74 Å². The van der Waals surface area contributed by atoms with Crippen LogP contribution in [0.4, 0.5) is 13.2 Å². The fourth-order valence-electron chi connectivity index (χ4n) is 2.80. The number of benzene rings is 1. The van der Waals surface area contributed by atoms with Gasteiger partial charge in [-0.1, -0.05) is 0 Å². The number of methoxy groups -OCH3 is 1. The van der Waals surface area contributed by atoms with E-state index >= 15 is 0 Å². The van der Waals surface area contributed by atoms with Gasteiger partial charge < -0.3 is 19.5 Å². The number of carboxylic acids is 1. The summed E-state index contributed by atoms with van der Waals surface area (Å²) in [5.41, 5.74) is -1.39. The molecule has 24 heavy (non-hydrogen) atoms. The van der Waals surface area contributed by atoms with Crippen LogP contribution in [0.15, 0.2) is 24.3 Å². The van der Waals surface area contributed by atoms with Gasteiger partial charge >= 0.3 is 12.3 Å². The first kappa shape index (κ1) is 18.1. The predicted molar refractivity (Wildman–Crippen MR) is 75.6 cm³/mol. The Kier molecular flexibility index (Phi) is 5.02. The number of aliphatic carboxylic acids is 1. The Bertz CT molecular complexity index is 617. The fraction of sp³-hybridized carbons (Fsp3) is 0.467. The first-order valence-corrected chi connectivity index (χ1v) is 7.10. The van der Waals surface area contributed by atoms with Crippen LogP contribution < -0.4 is 4.74 Å². The van der Waals surface area contributed by atoms with Gasteiger partial charge in [0.15, 0.2) is 5.54 Å². The van der Waals surface area contributed by atoms with Crippen LogP contribution in [-0.4, -0.2) is 54.0 Å². The van der Waals surface area contributed by atoms with Crippen LogP contribution in [0.25, 0.3) is 0 Å². The van der Waals surface area contributed by atoms with Gasteiger partial charge in [0, 0.05) is 19.2 Å². The van der Waals surface area contributed by atoms with Crippen LogP contribution in [0.5, 0.6) is 5.75 Å². The summed E-state index contributed by atoms with van der Waals surface area (Å²) in [6.45, 7) is 0.0681. The van der Waals surface area contributed by atoms with Crippen molar-refractivity contribution >= 4 is 11.9 Å². The van der Waals surface area contributed by atoms with E-state index in [-0.39, 0.29) is 25.1 Å². The molecule has 1 unspecified atom stereocenters. The molecule has 1 aromatic rings. The molecule has 1 fully saturated rings. The molecule has 0 radical (unpaired) electrons. The third-order valence-corrected chi connectivity index (χ3v) is 3.85. The number of hydrogen-bond donors (Lipinski definition) is 1. The first-order valence-electron chi connectivity index (χ1n) is 7.10. The SMILES string of the molecule is COCC1(C(=O)O)CCCN1C(=O)c1ccc(OC(F)(F)F)cc1. The van der Waals surface area contributed by atoms with Gasteiger partial charge in [0.2, 0.25) is 0 Å². The molecule has 0 aliphatic carbocycles. The van der Waals surface area contributed by atoms with Crippen molar-refractivity contribution in [2.75, 3.05) is 20.3 Å². The van der Waals surface area contributed by atoms with E-state index in [4.69, 9.17) is 4.74 Å². The lowest BCUT2D eigenvalue weighted by atomic mass is 9.96. The summed E-state index contributed by atoms with van der Waals surface area (Å²) in [6, 6.07) is 4.35. The second kappa shape index (κ2) is 6.68. The Morgan fingerprint density at radius 1 is 1.29 bits per heavy atom. The van der Waals surface area contributed by atoms with Crippen molar-refractivity contribution in [3.63, 3.8) is 0 Å². The number of carboxylic acid groups (broad SMARTS) is 1. The number of likely N-dealkylation sites (tertiary alicyclic amines) is 1. The van der Waals surface area contributed by atoms with E-state index in [1.165, 1.54) is 24.1 Å². The summed E-state index contributed by atoms with van der Waals surface area (Å²) >= 11 is 0. The lowest BCUT2D eigenvalue weighted by molar-refractivity contribution is -0.274. The highest BCUT2D eigenvalue weighted by Crippen LogP contribution is 2.32. The summed E-state index contributed by atoms with van der Waals surface area (Å²) in [6.07, 6.45) is -4.08. The number of hydrogen-bond acceptors (Lipinski definition) is 4. The van der Waals surface area contributed by atoms with E-state index in [9.17, 15) is 27.9 Å². The molecule has 0 aromatic heterocycles. The number of carbonyl (C=O) groups excluding carboxylic acids is 1. The molecule has 1 saturated heterocycles. The normalized spacial score (nSPS) is 20.9. The number of amides is 1. The van der Waals surface area contributed by atoms with Crippen molar-refractivity contribution in [3.8, 4) is 5.75 Å². The third-order valence-electron chi connectivity index (χ3n) is 3.85. The van der Waals surface area contributed by atoms with E-state index in [1.807, 2.05) is 0 Å². The first-order chi connectivity index (χ1) is 11.2. The number of alkyl halides is 3. The average molecular weight is 347 g/mol. The standard InChI is InChI=1S/C15H16F3NO5/c1-23-9-14(13(21)22)7-2-8-19(14)12(20)10-3-5-11(6-4-10)24-15(16,17)18/h3-6H,2,7-9H2,1H3,(H,21,22). The second-order valence-corrected chi connectivity index (χ2v) is 5.40. The third kappa shape index (κ3) is 3.61. The van der Waals surface area contributed by atoms with Gasteiger partial charge in [-0.25, -0.2) is 4.79 Å². The molecule has 1 N–H and O–H groups in total. The number of ether oxygens (including phenoxy) is 2. The summed E-state index contributed by atoms with van der Waals surface area (Å²) in [4.78, 5) is 25.4. The van der Waals surface area contributed by atoms with Crippen LogP contribution in [-0.2, 0) is 9.53 Å². The summed E-state index contributed by atoms with van der Waals surface area (Å²) in [5, 5.41) is 9.51. The summed E-state index contributed by atoms with van der Waals surface area (Å²) in [5.74, 6) is -2.21. The minimum Gasteiger partial charge on any atom is -0.479 e. The molecule has 0 bridgehead atoms. The molecular formula is C15H16F3NO5. The lowest BCUT2D eigenvalue weighted by Gasteiger charge is -2.34. The molecule has 1 heterocycles. The molecular weight excluding hydrogens is 331 g/mol. The monoisotopic (exact) mass is 347 g/mol. The van der Waals surface area contributed by atoms with Crippen LogP contribution in [0.3, 0.4) is 0 Å². The maximum Gasteiger partial charge on any atom is 0.573 e. The maximum absolute atomic E-state index is 12.6. The van der Waals surface area contributed by atoms with E-state index in [0.717, 1.165) is 12.1 Å². The number of nitrogens with zero attached hydrogens (tertiary/aromatic N) is 1. The summed E-state index contributed by atoms with van der Waals surface area (Å²) in [7, 11) is 1.34. The van der Waals surface area contributed by atoms with Crippen molar-refractivity contribution in [1.82, 2.24) is 4.90 Å². The second-order valence-electron chi connectivity index (χ2n) is 5.40. The zero-order valence-corrected chi connectivity index (χ0v) is 12.8. The summed E-state index contributed by atoms with van der Waals surface area (Å²) < 4.78 is 45.1. The van der Waals surface area contributed by atoms with Gasteiger partial charge in [0.25, 0.3) is 5.91 Å². The Morgan fingerprint density at radius 3 is 2.42 bits per heavy atom.